The predicted octanol–water partition coefficient (Wildman–Crippen LogP) is 4.31. The van der Waals surface area contributed by atoms with E-state index in [4.69, 9.17) is 0 Å². The molecule has 1 saturated heterocycles. The zero-order chi connectivity index (χ0) is 25.1. The molecule has 4 aromatic rings. The molecule has 184 valence electrons. The Hall–Kier alpha value is -3.62. The summed E-state index contributed by atoms with van der Waals surface area (Å²) in [5, 5.41) is 0.774. The third-order valence-electron chi connectivity index (χ3n) is 6.44. The van der Waals surface area contributed by atoms with Crippen molar-refractivity contribution >= 4 is 26.6 Å². The second-order valence-electron chi connectivity index (χ2n) is 8.99. The summed E-state index contributed by atoms with van der Waals surface area (Å²) in [7, 11) is -3.62. The number of carbonyl (C=O) groups is 1. The van der Waals surface area contributed by atoms with Crippen LogP contribution in [-0.2, 0) is 22.1 Å². The summed E-state index contributed by atoms with van der Waals surface area (Å²) in [6.07, 6.45) is 1.59. The number of carbonyl (C=O) groups excluding carboxylic acids is 1. The number of fused-ring (bicyclic) bond motifs is 1. The average molecular weight is 504 g/mol. The van der Waals surface area contributed by atoms with Crippen LogP contribution in [0.1, 0.15) is 21.5 Å². The molecule has 1 aromatic heterocycles. The summed E-state index contributed by atoms with van der Waals surface area (Å²) in [5.74, 6) is -0.491. The largest absolute Gasteiger partial charge is 0.336 e. The van der Waals surface area contributed by atoms with Crippen LogP contribution in [0, 0.1) is 5.82 Å². The maximum absolute atomic E-state index is 13.4. The number of pyridine rings is 1. The van der Waals surface area contributed by atoms with Crippen LogP contribution >= 0.6 is 0 Å². The molecule has 8 heteroatoms. The van der Waals surface area contributed by atoms with Gasteiger partial charge >= 0.3 is 0 Å². The van der Waals surface area contributed by atoms with E-state index in [0.717, 1.165) is 10.9 Å². The molecule has 0 radical (unpaired) electrons. The molecule has 0 bridgehead atoms. The van der Waals surface area contributed by atoms with Crippen molar-refractivity contribution < 1.29 is 17.6 Å². The maximum atomic E-state index is 13.4. The fourth-order valence-electron chi connectivity index (χ4n) is 4.55. The van der Waals surface area contributed by atoms with Crippen molar-refractivity contribution in [1.82, 2.24) is 14.8 Å². The van der Waals surface area contributed by atoms with Crippen molar-refractivity contribution in [3.63, 3.8) is 0 Å². The van der Waals surface area contributed by atoms with Crippen LogP contribution in [0.3, 0.4) is 0 Å². The van der Waals surface area contributed by atoms with Gasteiger partial charge in [0.25, 0.3) is 5.91 Å². The number of hydrogen-bond donors (Lipinski definition) is 0. The Labute approximate surface area is 209 Å². The molecule has 0 saturated carbocycles. The number of aromatic nitrogens is 1. The Kier molecular flexibility index (Phi) is 6.80. The number of hydrogen-bond acceptors (Lipinski definition) is 5. The molecule has 3 aromatic carbocycles. The number of rotatable bonds is 6. The summed E-state index contributed by atoms with van der Waals surface area (Å²) in [6, 6.07) is 22.1. The van der Waals surface area contributed by atoms with Crippen molar-refractivity contribution in [3.05, 3.63) is 108 Å². The van der Waals surface area contributed by atoms with Crippen LogP contribution in [-0.4, -0.2) is 55.3 Å². The third-order valence-corrected chi connectivity index (χ3v) is 8.16. The van der Waals surface area contributed by atoms with Gasteiger partial charge in [0.1, 0.15) is 5.82 Å². The van der Waals surface area contributed by atoms with Gasteiger partial charge in [0.2, 0.25) is 0 Å². The molecule has 1 aliphatic rings. The molecule has 0 aliphatic carbocycles. The number of nitrogens with zero attached hydrogens (tertiary/aromatic N) is 3. The lowest BCUT2D eigenvalue weighted by Crippen LogP contribution is -2.48. The smallest absolute Gasteiger partial charge is 0.253 e. The highest BCUT2D eigenvalue weighted by Gasteiger charge is 2.23. The molecular formula is C28H26FN3O3S. The molecule has 1 amide bonds. The van der Waals surface area contributed by atoms with E-state index >= 15 is 0 Å². The fourth-order valence-corrected chi connectivity index (χ4v) is 6.09. The predicted molar refractivity (Wildman–Crippen MR) is 137 cm³/mol. The van der Waals surface area contributed by atoms with Crippen molar-refractivity contribution in [2.75, 3.05) is 26.2 Å². The second-order valence-corrected chi connectivity index (χ2v) is 10.9. The number of benzene rings is 3. The van der Waals surface area contributed by atoms with Crippen molar-refractivity contribution in [1.29, 1.82) is 0 Å². The standard InChI is InChI=1S/C28H26FN3O3S/c29-25-7-1-4-22(18-25)19-31-14-16-32(17-15-31)28(33)24-11-9-21(10-12-24)20-36(34,35)26-8-2-5-23-6-3-13-30-27(23)26/h1-13,18H,14-17,19-20H2. The summed E-state index contributed by atoms with van der Waals surface area (Å²) in [4.78, 5) is 21.5. The minimum Gasteiger partial charge on any atom is -0.336 e. The van der Waals surface area contributed by atoms with Crippen molar-refractivity contribution in [2.45, 2.75) is 17.2 Å². The number of halogens is 1. The van der Waals surface area contributed by atoms with Gasteiger partial charge < -0.3 is 4.90 Å². The topological polar surface area (TPSA) is 70.6 Å². The molecule has 0 N–H and O–H groups in total. The van der Waals surface area contributed by atoms with Gasteiger partial charge in [-0.05, 0) is 47.5 Å². The minimum atomic E-state index is -3.62. The Bertz CT molecular complexity index is 1490. The number of amides is 1. The molecule has 6 nitrogen and oxygen atoms in total. The lowest BCUT2D eigenvalue weighted by molar-refractivity contribution is 0.0628. The first-order valence-electron chi connectivity index (χ1n) is 11.8. The van der Waals surface area contributed by atoms with Crippen LogP contribution in [0.5, 0.6) is 0 Å². The first kappa shape index (κ1) is 24.1. The van der Waals surface area contributed by atoms with Gasteiger partial charge in [0.05, 0.1) is 16.2 Å². The fraction of sp³-hybridized carbons (Fsp3) is 0.214. The monoisotopic (exact) mass is 503 g/mol. The third kappa shape index (κ3) is 5.29. The zero-order valence-corrected chi connectivity index (χ0v) is 20.5. The number of piperazine rings is 1. The first-order chi connectivity index (χ1) is 17.4. The van der Waals surface area contributed by atoms with E-state index in [1.165, 1.54) is 12.1 Å². The Morgan fingerprint density at radius 3 is 2.33 bits per heavy atom. The van der Waals surface area contributed by atoms with E-state index in [1.807, 2.05) is 18.2 Å². The van der Waals surface area contributed by atoms with E-state index in [2.05, 4.69) is 9.88 Å². The molecule has 2 heterocycles. The molecule has 0 atom stereocenters. The molecular weight excluding hydrogens is 477 g/mol. The van der Waals surface area contributed by atoms with Crippen LogP contribution in [0.2, 0.25) is 0 Å². The van der Waals surface area contributed by atoms with E-state index < -0.39 is 9.84 Å². The lowest BCUT2D eigenvalue weighted by atomic mass is 10.1. The van der Waals surface area contributed by atoms with Gasteiger partial charge in [-0.15, -0.1) is 0 Å². The highest BCUT2D eigenvalue weighted by Crippen LogP contribution is 2.24. The Balaban J connectivity index is 1.21. The first-order valence-corrected chi connectivity index (χ1v) is 13.5. The van der Waals surface area contributed by atoms with Crippen molar-refractivity contribution in [2.24, 2.45) is 0 Å². The van der Waals surface area contributed by atoms with Gasteiger partial charge in [-0.25, -0.2) is 12.8 Å². The molecule has 0 spiro atoms. The molecule has 1 aliphatic heterocycles. The second kappa shape index (κ2) is 10.2. The molecule has 1 fully saturated rings. The summed E-state index contributed by atoms with van der Waals surface area (Å²) >= 11 is 0. The maximum Gasteiger partial charge on any atom is 0.253 e. The minimum absolute atomic E-state index is 0.0759. The lowest BCUT2D eigenvalue weighted by Gasteiger charge is -2.34. The highest BCUT2D eigenvalue weighted by molar-refractivity contribution is 7.90. The normalized spacial score (nSPS) is 14.8. The SMILES string of the molecule is O=C(c1ccc(CS(=O)(=O)c2cccc3cccnc23)cc1)N1CCN(Cc2cccc(F)c2)CC1. The van der Waals surface area contributed by atoms with Gasteiger partial charge in [0, 0.05) is 49.9 Å². The average Bonchev–Trinajstić information content (AvgIpc) is 2.89. The Morgan fingerprint density at radius 1 is 0.861 bits per heavy atom. The van der Waals surface area contributed by atoms with Crippen LogP contribution in [0.4, 0.5) is 4.39 Å². The Morgan fingerprint density at radius 2 is 1.58 bits per heavy atom. The van der Waals surface area contributed by atoms with Crippen LogP contribution in [0.15, 0.2) is 90.0 Å². The van der Waals surface area contributed by atoms with E-state index in [1.54, 1.807) is 59.6 Å². The number of para-hydroxylation sites is 1. The van der Waals surface area contributed by atoms with Gasteiger partial charge in [-0.1, -0.05) is 42.5 Å². The summed E-state index contributed by atoms with van der Waals surface area (Å²) in [5.41, 5.74) is 2.52. The molecule has 0 unspecified atom stereocenters. The van der Waals surface area contributed by atoms with E-state index in [-0.39, 0.29) is 22.4 Å². The molecule has 36 heavy (non-hydrogen) atoms. The quantitative estimate of drug-likeness (QED) is 0.392. The highest BCUT2D eigenvalue weighted by atomic mass is 32.2. The van der Waals surface area contributed by atoms with Gasteiger partial charge in [-0.3, -0.25) is 14.7 Å². The van der Waals surface area contributed by atoms with E-state index in [9.17, 15) is 17.6 Å². The van der Waals surface area contributed by atoms with Crippen LogP contribution in [0.25, 0.3) is 10.9 Å². The molecule has 5 rings (SSSR count). The van der Waals surface area contributed by atoms with Gasteiger partial charge in [0.15, 0.2) is 9.84 Å². The summed E-state index contributed by atoms with van der Waals surface area (Å²) < 4.78 is 39.7. The number of sulfone groups is 1. The zero-order valence-electron chi connectivity index (χ0n) is 19.7. The van der Waals surface area contributed by atoms with Crippen molar-refractivity contribution in [3.8, 4) is 0 Å². The summed E-state index contributed by atoms with van der Waals surface area (Å²) in [6.45, 7) is 3.22. The van der Waals surface area contributed by atoms with E-state index in [0.29, 0.717) is 49.4 Å². The van der Waals surface area contributed by atoms with Crippen LogP contribution < -0.4 is 0 Å². The van der Waals surface area contributed by atoms with Gasteiger partial charge in [-0.2, -0.15) is 0 Å².